The molecule has 6 nitrogen and oxygen atoms in total. The average molecular weight is 433 g/mol. The third-order valence-corrected chi connectivity index (χ3v) is 7.24. The number of allylic oxidation sites excluding steroid dienone is 4. The number of hydrogen-bond donors (Lipinski definition) is 0. The second-order valence-corrected chi connectivity index (χ2v) is 10.5. The maximum atomic E-state index is 12.9. The summed E-state index contributed by atoms with van der Waals surface area (Å²) in [5.41, 5.74) is 4.51. The van der Waals surface area contributed by atoms with E-state index in [0.717, 1.165) is 41.1 Å². The summed E-state index contributed by atoms with van der Waals surface area (Å²) >= 11 is 0. The van der Waals surface area contributed by atoms with Crippen molar-refractivity contribution >= 4 is 17.3 Å². The van der Waals surface area contributed by atoms with Crippen LogP contribution in [0.2, 0.25) is 0 Å². The Kier molecular flexibility index (Phi) is 5.13. The molecule has 2 aliphatic carbocycles. The molecular formula is C26H32N4O2. The average Bonchev–Trinajstić information content (AvgIpc) is 3.55. The molecule has 4 aliphatic rings. The maximum Gasteiger partial charge on any atom is 0.226 e. The number of carbonyl (C=O) groups excluding carboxylic acids is 1. The molecule has 0 bridgehead atoms. The van der Waals surface area contributed by atoms with Crippen molar-refractivity contribution in [3.63, 3.8) is 0 Å². The molecule has 2 fully saturated rings. The summed E-state index contributed by atoms with van der Waals surface area (Å²) < 4.78 is 6.09. The normalized spacial score (nSPS) is 24.0. The van der Waals surface area contributed by atoms with Crippen LogP contribution in [0.5, 0.6) is 0 Å². The van der Waals surface area contributed by atoms with Gasteiger partial charge in [-0.2, -0.15) is 5.26 Å². The van der Waals surface area contributed by atoms with Gasteiger partial charge in [-0.1, -0.05) is 32.1 Å². The topological polar surface area (TPSA) is 69.5 Å². The second kappa shape index (κ2) is 7.74. The van der Waals surface area contributed by atoms with Crippen LogP contribution in [0.1, 0.15) is 62.9 Å². The van der Waals surface area contributed by atoms with Crippen molar-refractivity contribution < 1.29 is 9.53 Å². The minimum atomic E-state index is -0.311. The molecule has 1 atom stereocenters. The number of amides is 1. The molecule has 0 spiro atoms. The third-order valence-electron chi connectivity index (χ3n) is 7.24. The summed E-state index contributed by atoms with van der Waals surface area (Å²) in [4.78, 5) is 22.3. The molecule has 6 heteroatoms. The fourth-order valence-electron chi connectivity index (χ4n) is 5.10. The number of pyridine rings is 1. The SMILES string of the molecule is CC(C)C1CN(c2nc(C3=CC=C3)c3c(c2C#N)CC(C)(C)OC3)CCN1C(=O)C1CC1. The lowest BCUT2D eigenvalue weighted by molar-refractivity contribution is -0.136. The lowest BCUT2D eigenvalue weighted by Crippen LogP contribution is -2.58. The van der Waals surface area contributed by atoms with E-state index in [1.807, 2.05) is 6.08 Å². The van der Waals surface area contributed by atoms with Gasteiger partial charge >= 0.3 is 0 Å². The van der Waals surface area contributed by atoms with Gasteiger partial charge < -0.3 is 14.5 Å². The molecule has 2 aliphatic heterocycles. The molecule has 1 amide bonds. The minimum absolute atomic E-state index is 0.132. The van der Waals surface area contributed by atoms with E-state index in [1.165, 1.54) is 0 Å². The number of rotatable bonds is 4. The largest absolute Gasteiger partial charge is 0.370 e. The van der Waals surface area contributed by atoms with Crippen molar-refractivity contribution in [3.8, 4) is 6.07 Å². The molecular weight excluding hydrogens is 400 g/mol. The van der Waals surface area contributed by atoms with Crippen molar-refractivity contribution in [2.45, 2.75) is 65.2 Å². The van der Waals surface area contributed by atoms with Crippen LogP contribution in [-0.2, 0) is 22.6 Å². The first-order valence-corrected chi connectivity index (χ1v) is 11.8. The van der Waals surface area contributed by atoms with Crippen LogP contribution < -0.4 is 4.90 Å². The molecule has 0 aromatic carbocycles. The van der Waals surface area contributed by atoms with E-state index < -0.39 is 0 Å². The predicted octanol–water partition coefficient (Wildman–Crippen LogP) is 3.84. The molecule has 1 aromatic heterocycles. The molecule has 0 radical (unpaired) electrons. The highest BCUT2D eigenvalue weighted by atomic mass is 16.5. The number of fused-ring (bicyclic) bond motifs is 1. The van der Waals surface area contributed by atoms with E-state index in [9.17, 15) is 10.1 Å². The molecule has 1 unspecified atom stereocenters. The van der Waals surface area contributed by atoms with Crippen molar-refractivity contribution in [3.05, 3.63) is 40.6 Å². The fraction of sp³-hybridized carbons (Fsp3) is 0.577. The van der Waals surface area contributed by atoms with Gasteiger partial charge in [0.1, 0.15) is 11.9 Å². The van der Waals surface area contributed by atoms with Crippen molar-refractivity contribution in [1.82, 2.24) is 9.88 Å². The number of piperazine rings is 1. The van der Waals surface area contributed by atoms with Gasteiger partial charge in [-0.3, -0.25) is 4.79 Å². The van der Waals surface area contributed by atoms with Gasteiger partial charge in [0, 0.05) is 43.1 Å². The molecule has 1 saturated carbocycles. The fourth-order valence-corrected chi connectivity index (χ4v) is 5.10. The van der Waals surface area contributed by atoms with E-state index in [4.69, 9.17) is 9.72 Å². The van der Waals surface area contributed by atoms with Crippen molar-refractivity contribution in [2.75, 3.05) is 24.5 Å². The lowest BCUT2D eigenvalue weighted by Gasteiger charge is -2.45. The highest BCUT2D eigenvalue weighted by molar-refractivity contribution is 5.84. The van der Waals surface area contributed by atoms with Crippen LogP contribution in [0.3, 0.4) is 0 Å². The van der Waals surface area contributed by atoms with Crippen LogP contribution in [0.15, 0.2) is 18.2 Å². The number of nitriles is 1. The first-order chi connectivity index (χ1) is 15.3. The first-order valence-electron chi connectivity index (χ1n) is 11.8. The smallest absolute Gasteiger partial charge is 0.226 e. The summed E-state index contributed by atoms with van der Waals surface area (Å²) in [6, 6.07) is 2.62. The highest BCUT2D eigenvalue weighted by Gasteiger charge is 2.41. The van der Waals surface area contributed by atoms with Crippen LogP contribution >= 0.6 is 0 Å². The lowest BCUT2D eigenvalue weighted by atomic mass is 9.85. The monoisotopic (exact) mass is 432 g/mol. The van der Waals surface area contributed by atoms with E-state index in [2.05, 4.69) is 55.7 Å². The van der Waals surface area contributed by atoms with E-state index in [-0.39, 0.29) is 17.6 Å². The zero-order valence-electron chi connectivity index (χ0n) is 19.5. The van der Waals surface area contributed by atoms with Crippen molar-refractivity contribution in [1.29, 1.82) is 5.26 Å². The Balaban J connectivity index is 1.54. The predicted molar refractivity (Wildman–Crippen MR) is 124 cm³/mol. The van der Waals surface area contributed by atoms with E-state index in [1.54, 1.807) is 0 Å². The van der Waals surface area contributed by atoms with Crippen LogP contribution in [0, 0.1) is 23.2 Å². The summed E-state index contributed by atoms with van der Waals surface area (Å²) in [6.07, 6.45) is 8.91. The number of ether oxygens (including phenoxy) is 1. The molecule has 0 N–H and O–H groups in total. The molecule has 5 rings (SSSR count). The Morgan fingerprint density at radius 3 is 2.62 bits per heavy atom. The van der Waals surface area contributed by atoms with Gasteiger partial charge in [-0.15, -0.1) is 0 Å². The summed E-state index contributed by atoms with van der Waals surface area (Å²) in [5, 5.41) is 10.2. The van der Waals surface area contributed by atoms with Crippen LogP contribution in [-0.4, -0.2) is 47.1 Å². The van der Waals surface area contributed by atoms with E-state index in [0.29, 0.717) is 50.1 Å². The molecule has 3 heterocycles. The Hall–Kier alpha value is -2.65. The number of anilines is 1. The second-order valence-electron chi connectivity index (χ2n) is 10.5. The van der Waals surface area contributed by atoms with Gasteiger partial charge in [0.25, 0.3) is 0 Å². The summed E-state index contributed by atoms with van der Waals surface area (Å²) in [5.74, 6) is 1.65. The first kappa shape index (κ1) is 21.2. The Morgan fingerprint density at radius 2 is 2.03 bits per heavy atom. The number of aromatic nitrogens is 1. The van der Waals surface area contributed by atoms with Crippen LogP contribution in [0.25, 0.3) is 5.57 Å². The summed E-state index contributed by atoms with van der Waals surface area (Å²) in [7, 11) is 0. The summed E-state index contributed by atoms with van der Waals surface area (Å²) in [6.45, 7) is 11.1. The number of carbonyl (C=O) groups is 1. The molecule has 168 valence electrons. The van der Waals surface area contributed by atoms with Gasteiger partial charge in [-0.25, -0.2) is 4.98 Å². The Labute approximate surface area is 190 Å². The Morgan fingerprint density at radius 1 is 1.28 bits per heavy atom. The Bertz CT molecular complexity index is 1060. The highest BCUT2D eigenvalue weighted by Crippen LogP contribution is 2.40. The quantitative estimate of drug-likeness (QED) is 0.723. The van der Waals surface area contributed by atoms with Gasteiger partial charge in [0.15, 0.2) is 0 Å². The van der Waals surface area contributed by atoms with Crippen molar-refractivity contribution in [2.24, 2.45) is 11.8 Å². The van der Waals surface area contributed by atoms with Crippen LogP contribution in [0.4, 0.5) is 5.82 Å². The zero-order chi connectivity index (χ0) is 22.6. The molecule has 1 aromatic rings. The van der Waals surface area contributed by atoms with Gasteiger partial charge in [0.2, 0.25) is 5.91 Å². The maximum absolute atomic E-state index is 12.9. The van der Waals surface area contributed by atoms with Gasteiger partial charge in [0.05, 0.1) is 29.5 Å². The zero-order valence-corrected chi connectivity index (χ0v) is 19.5. The number of nitrogens with zero attached hydrogens (tertiary/aromatic N) is 4. The molecule has 32 heavy (non-hydrogen) atoms. The van der Waals surface area contributed by atoms with Gasteiger partial charge in [-0.05, 0) is 38.2 Å². The standard InChI is InChI=1S/C26H32N4O2/c1-16(2)22-14-29(10-11-30(22)25(31)18-8-9-18)24-20(13-27)19-12-26(3,4)32-15-21(19)23(28-24)17-6-5-7-17/h5-7,16,18,22H,8-12,14-15H2,1-4H3. The third kappa shape index (κ3) is 3.63. The minimum Gasteiger partial charge on any atom is -0.370 e. The molecule has 1 saturated heterocycles. The number of hydrogen-bond acceptors (Lipinski definition) is 5. The van der Waals surface area contributed by atoms with E-state index >= 15 is 0 Å².